The maximum atomic E-state index is 13.4. The smallest absolute Gasteiger partial charge is 0.257 e. The van der Waals surface area contributed by atoms with Crippen molar-refractivity contribution in [2.24, 2.45) is 11.8 Å². The number of carbonyl (C=O) groups is 2. The Bertz CT molecular complexity index is 1010. The number of amides is 2. The van der Waals surface area contributed by atoms with Crippen LogP contribution in [0.2, 0.25) is 0 Å². The summed E-state index contributed by atoms with van der Waals surface area (Å²) in [7, 11) is 3.49. The number of thiazole rings is 1. The van der Waals surface area contributed by atoms with Crippen molar-refractivity contribution in [2.75, 3.05) is 39.2 Å². The number of anilines is 1. The summed E-state index contributed by atoms with van der Waals surface area (Å²) < 4.78 is 12.1. The molecular weight excluding hydrogens is 464 g/mol. The van der Waals surface area contributed by atoms with Crippen molar-refractivity contribution in [1.82, 2.24) is 14.8 Å². The highest BCUT2D eigenvalue weighted by Gasteiger charge is 2.29. The topological polar surface area (TPSA) is 84.0 Å². The second-order valence-corrected chi connectivity index (χ2v) is 10.8. The molecule has 1 N–H and O–H groups in total. The summed E-state index contributed by atoms with van der Waals surface area (Å²) in [5.41, 5.74) is 1.13. The van der Waals surface area contributed by atoms with Crippen molar-refractivity contribution in [1.29, 1.82) is 0 Å². The van der Waals surface area contributed by atoms with Gasteiger partial charge < -0.3 is 19.7 Å². The first-order valence-corrected chi connectivity index (χ1v) is 13.2. The van der Waals surface area contributed by atoms with Crippen molar-refractivity contribution in [3.8, 4) is 5.75 Å². The third kappa shape index (κ3) is 6.20. The summed E-state index contributed by atoms with van der Waals surface area (Å²) in [6.45, 7) is 6.67. The molecule has 2 aromatic rings. The fourth-order valence-electron chi connectivity index (χ4n) is 4.56. The lowest BCUT2D eigenvalue weighted by Crippen LogP contribution is -2.46. The van der Waals surface area contributed by atoms with Crippen molar-refractivity contribution >= 4 is 28.8 Å². The predicted octanol–water partition coefficient (Wildman–Crippen LogP) is 3.89. The van der Waals surface area contributed by atoms with Crippen LogP contribution in [0.4, 0.5) is 5.69 Å². The van der Waals surface area contributed by atoms with E-state index in [1.807, 2.05) is 11.6 Å². The number of methoxy groups -OCH3 is 1. The summed E-state index contributed by atoms with van der Waals surface area (Å²) in [4.78, 5) is 34.4. The van der Waals surface area contributed by atoms with Gasteiger partial charge in [0.25, 0.3) is 5.91 Å². The number of rotatable bonds is 5. The minimum Gasteiger partial charge on any atom is -0.491 e. The zero-order chi connectivity index (χ0) is 24.9. The SMILES string of the molecule is CO[C@H]1CN(C)C(=O)c2ccc(NC(=O)C3CCC3)cc2OC[C@@H](C)N(Cc2nccs2)C[C@@H]1C. The lowest BCUT2D eigenvalue weighted by Gasteiger charge is -2.35. The number of hydrogen-bond acceptors (Lipinski definition) is 7. The predicted molar refractivity (Wildman–Crippen MR) is 137 cm³/mol. The third-order valence-corrected chi connectivity index (χ3v) is 7.91. The first-order valence-electron chi connectivity index (χ1n) is 12.3. The summed E-state index contributed by atoms with van der Waals surface area (Å²) in [5, 5.41) is 6.04. The van der Waals surface area contributed by atoms with Gasteiger partial charge in [0.1, 0.15) is 17.4 Å². The molecule has 2 amide bonds. The Hall–Kier alpha value is -2.49. The van der Waals surface area contributed by atoms with Crippen molar-refractivity contribution < 1.29 is 19.1 Å². The first-order chi connectivity index (χ1) is 16.9. The van der Waals surface area contributed by atoms with Crippen molar-refractivity contribution in [3.05, 3.63) is 40.3 Å². The molecule has 0 saturated heterocycles. The molecule has 2 heterocycles. The van der Waals surface area contributed by atoms with Gasteiger partial charge in [-0.05, 0) is 37.8 Å². The number of carbonyl (C=O) groups excluding carboxylic acids is 2. The molecule has 190 valence electrons. The van der Waals surface area contributed by atoms with E-state index < -0.39 is 0 Å². The summed E-state index contributed by atoms with van der Waals surface area (Å²) in [6.07, 6.45) is 4.68. The summed E-state index contributed by atoms with van der Waals surface area (Å²) >= 11 is 1.64. The molecule has 1 aromatic heterocycles. The lowest BCUT2D eigenvalue weighted by molar-refractivity contribution is -0.122. The van der Waals surface area contributed by atoms with E-state index in [0.717, 1.165) is 37.4 Å². The highest BCUT2D eigenvalue weighted by Crippen LogP contribution is 2.30. The quantitative estimate of drug-likeness (QED) is 0.671. The van der Waals surface area contributed by atoms with Gasteiger partial charge in [-0.3, -0.25) is 14.5 Å². The Kier molecular flexibility index (Phi) is 8.41. The zero-order valence-electron chi connectivity index (χ0n) is 21.0. The minimum absolute atomic E-state index is 0.0349. The second-order valence-electron chi connectivity index (χ2n) is 9.78. The zero-order valence-corrected chi connectivity index (χ0v) is 21.8. The van der Waals surface area contributed by atoms with Crippen LogP contribution in [0.1, 0.15) is 48.5 Å². The molecule has 35 heavy (non-hydrogen) atoms. The average molecular weight is 501 g/mol. The highest BCUT2D eigenvalue weighted by molar-refractivity contribution is 7.09. The first kappa shape index (κ1) is 25.6. The van der Waals surface area contributed by atoms with E-state index in [-0.39, 0.29) is 35.8 Å². The van der Waals surface area contributed by atoms with Crippen LogP contribution in [0.3, 0.4) is 0 Å². The van der Waals surface area contributed by atoms with E-state index >= 15 is 0 Å². The summed E-state index contributed by atoms with van der Waals surface area (Å²) in [6, 6.07) is 5.38. The van der Waals surface area contributed by atoms with E-state index in [1.165, 1.54) is 0 Å². The van der Waals surface area contributed by atoms with Gasteiger partial charge in [-0.2, -0.15) is 0 Å². The minimum atomic E-state index is -0.126. The summed E-state index contributed by atoms with van der Waals surface area (Å²) in [5.74, 6) is 0.668. The number of likely N-dealkylation sites (N-methyl/N-ethyl adjacent to an activating group) is 1. The van der Waals surface area contributed by atoms with Gasteiger partial charge in [-0.1, -0.05) is 13.3 Å². The van der Waals surface area contributed by atoms with Gasteiger partial charge in [0.2, 0.25) is 5.91 Å². The molecule has 0 spiro atoms. The second kappa shape index (κ2) is 11.5. The average Bonchev–Trinajstić information content (AvgIpc) is 3.31. The van der Waals surface area contributed by atoms with E-state index in [2.05, 4.69) is 29.0 Å². The Labute approximate surface area is 211 Å². The van der Waals surface area contributed by atoms with Crippen molar-refractivity contribution in [2.45, 2.75) is 51.8 Å². The fraction of sp³-hybridized carbons (Fsp3) is 0.577. The van der Waals surface area contributed by atoms with E-state index in [9.17, 15) is 9.59 Å². The number of ether oxygens (including phenoxy) is 2. The molecule has 1 aliphatic carbocycles. The lowest BCUT2D eigenvalue weighted by atomic mass is 9.85. The molecule has 3 atom stereocenters. The number of benzene rings is 1. The Morgan fingerprint density at radius 2 is 2.09 bits per heavy atom. The highest BCUT2D eigenvalue weighted by atomic mass is 32.1. The molecule has 8 nitrogen and oxygen atoms in total. The van der Waals surface area contributed by atoms with Gasteiger partial charge in [0.05, 0.1) is 18.2 Å². The maximum absolute atomic E-state index is 13.4. The van der Waals surface area contributed by atoms with Gasteiger partial charge in [-0.25, -0.2) is 4.98 Å². The molecule has 9 heteroatoms. The van der Waals surface area contributed by atoms with Crippen LogP contribution in [0.25, 0.3) is 0 Å². The van der Waals surface area contributed by atoms with Crippen LogP contribution in [0.15, 0.2) is 29.8 Å². The molecular formula is C26H36N4O4S. The van der Waals surface area contributed by atoms with Crippen LogP contribution in [0.5, 0.6) is 5.75 Å². The normalized spacial score (nSPS) is 24.5. The molecule has 0 bridgehead atoms. The van der Waals surface area contributed by atoms with Crippen LogP contribution in [0, 0.1) is 11.8 Å². The molecule has 2 aliphatic rings. The molecule has 1 aromatic carbocycles. The van der Waals surface area contributed by atoms with Crippen LogP contribution in [-0.4, -0.2) is 72.6 Å². The fourth-order valence-corrected chi connectivity index (χ4v) is 5.21. The number of nitrogens with one attached hydrogen (secondary N) is 1. The van der Waals surface area contributed by atoms with Crippen LogP contribution < -0.4 is 10.1 Å². The van der Waals surface area contributed by atoms with Gasteiger partial charge in [0, 0.05) is 62.5 Å². The monoisotopic (exact) mass is 500 g/mol. The molecule has 1 fully saturated rings. The van der Waals surface area contributed by atoms with Gasteiger partial charge >= 0.3 is 0 Å². The van der Waals surface area contributed by atoms with Crippen LogP contribution >= 0.6 is 11.3 Å². The van der Waals surface area contributed by atoms with E-state index in [0.29, 0.717) is 30.2 Å². The van der Waals surface area contributed by atoms with Crippen LogP contribution in [-0.2, 0) is 16.1 Å². The largest absolute Gasteiger partial charge is 0.491 e. The van der Waals surface area contributed by atoms with E-state index in [1.54, 1.807) is 48.6 Å². The molecule has 4 rings (SSSR count). The van der Waals surface area contributed by atoms with E-state index in [4.69, 9.17) is 9.47 Å². The molecule has 1 saturated carbocycles. The Morgan fingerprint density at radius 3 is 2.74 bits per heavy atom. The molecule has 0 radical (unpaired) electrons. The van der Waals surface area contributed by atoms with Gasteiger partial charge in [-0.15, -0.1) is 11.3 Å². The van der Waals surface area contributed by atoms with Gasteiger partial charge in [0.15, 0.2) is 0 Å². The Morgan fingerprint density at radius 1 is 1.29 bits per heavy atom. The number of hydrogen-bond donors (Lipinski definition) is 1. The molecule has 1 aliphatic heterocycles. The maximum Gasteiger partial charge on any atom is 0.257 e. The number of aromatic nitrogens is 1. The molecule has 0 unspecified atom stereocenters. The van der Waals surface area contributed by atoms with Crippen molar-refractivity contribution in [3.63, 3.8) is 0 Å². The standard InChI is InChI=1S/C26H36N4O4S/c1-17-13-30(15-24-27-10-11-35-24)18(2)16-34-22-12-20(28-25(31)19-6-5-7-19)8-9-21(22)26(32)29(3)14-23(17)33-4/h8-12,17-19,23H,5-7,13-16H2,1-4H3,(H,28,31)/t17-,18+,23-/m0/s1. The number of fused-ring (bicyclic) bond motifs is 1. The Balaban J connectivity index is 1.61. The number of nitrogens with zero attached hydrogens (tertiary/aromatic N) is 3. The third-order valence-electron chi connectivity index (χ3n) is 7.14.